The molecule has 0 saturated heterocycles. The molecule has 1 unspecified atom stereocenters. The van der Waals surface area contributed by atoms with E-state index in [1.165, 1.54) is 15.4 Å². The predicted octanol–water partition coefficient (Wildman–Crippen LogP) is 4.50. The molecular formula is C38H47ClFN7O6. The van der Waals surface area contributed by atoms with Gasteiger partial charge >= 0.3 is 11.8 Å². The van der Waals surface area contributed by atoms with Crippen LogP contribution in [0.25, 0.3) is 0 Å². The van der Waals surface area contributed by atoms with Crippen LogP contribution in [0.5, 0.6) is 5.75 Å². The molecule has 3 heterocycles. The maximum absolute atomic E-state index is 13.5. The Morgan fingerprint density at radius 2 is 1.94 bits per heavy atom. The summed E-state index contributed by atoms with van der Waals surface area (Å²) >= 11 is 6.76. The molecule has 3 N–H and O–H groups in total. The van der Waals surface area contributed by atoms with Gasteiger partial charge in [0.1, 0.15) is 23.3 Å². The molecule has 0 radical (unpaired) electrons. The Kier molecular flexibility index (Phi) is 14.2. The first kappa shape index (κ1) is 40.6. The number of amidine groups is 1. The first-order valence-corrected chi connectivity index (χ1v) is 17.9. The van der Waals surface area contributed by atoms with Gasteiger partial charge in [-0.2, -0.15) is 4.39 Å². The number of carbonyl (C=O) groups excluding carboxylic acids is 2. The highest BCUT2D eigenvalue weighted by Crippen LogP contribution is 2.45. The van der Waals surface area contributed by atoms with Crippen LogP contribution < -0.4 is 21.7 Å². The normalized spacial score (nSPS) is 15.2. The number of nitrogens with one attached hydrogen (secondary N) is 1. The number of allylic oxidation sites excluding steroid dienone is 4. The van der Waals surface area contributed by atoms with Gasteiger partial charge in [-0.15, -0.1) is 0 Å². The van der Waals surface area contributed by atoms with Crippen molar-refractivity contribution < 1.29 is 23.5 Å². The molecule has 1 atom stereocenters. The van der Waals surface area contributed by atoms with Crippen LogP contribution >= 0.6 is 11.6 Å². The van der Waals surface area contributed by atoms with Crippen LogP contribution in [0.4, 0.5) is 9.18 Å². The summed E-state index contributed by atoms with van der Waals surface area (Å²) in [6, 6.07) is 0. The van der Waals surface area contributed by atoms with Crippen molar-refractivity contribution in [2.75, 3.05) is 40.9 Å². The number of aromatic nitrogens is 3. The SMILES string of the molecule is CCC1=C2C(=C(Cl)N=C(N)C1)C(C#CCCOC(=O)N(C)CCN(C)C(=O)CCn1cc(F)c(=O)[nH]c1=O)=CC2CCCc1ncc(C)c(OC)c1C. The molecule has 0 spiro atoms. The number of hydrogen-bond donors (Lipinski definition) is 2. The number of pyridine rings is 1. The topological polar surface area (TPSA) is 165 Å². The summed E-state index contributed by atoms with van der Waals surface area (Å²) in [4.78, 5) is 61.9. The van der Waals surface area contributed by atoms with Gasteiger partial charge in [0.2, 0.25) is 11.7 Å². The van der Waals surface area contributed by atoms with Crippen molar-refractivity contribution in [1.82, 2.24) is 24.3 Å². The smallest absolute Gasteiger partial charge is 0.409 e. The Morgan fingerprint density at radius 1 is 1.21 bits per heavy atom. The molecule has 2 aromatic heterocycles. The number of rotatable bonds is 14. The van der Waals surface area contributed by atoms with Crippen molar-refractivity contribution in [2.24, 2.45) is 16.6 Å². The second-order valence-corrected chi connectivity index (χ2v) is 13.4. The average Bonchev–Trinajstić information content (AvgIpc) is 3.42. The summed E-state index contributed by atoms with van der Waals surface area (Å²) in [5.41, 5.74) is 11.3. The van der Waals surface area contributed by atoms with Gasteiger partial charge in [0.25, 0.3) is 5.56 Å². The van der Waals surface area contributed by atoms with Crippen molar-refractivity contribution in [3.8, 4) is 17.6 Å². The van der Waals surface area contributed by atoms with E-state index in [0.717, 1.165) is 75.7 Å². The maximum atomic E-state index is 13.5. The monoisotopic (exact) mass is 751 g/mol. The van der Waals surface area contributed by atoms with Gasteiger partial charge in [-0.05, 0) is 45.1 Å². The number of nitrogens with zero attached hydrogens (tertiary/aromatic N) is 5. The molecule has 15 heteroatoms. The van der Waals surface area contributed by atoms with Crippen molar-refractivity contribution >= 4 is 29.4 Å². The predicted molar refractivity (Wildman–Crippen MR) is 201 cm³/mol. The standard InChI is InChI=1S/C38H47ClFN7O6/c1-7-25-20-30(41)43-35(39)33-27(19-26(32(25)33)12-10-13-29-24(3)34(52-6)23(2)21-42-29)11-8-9-18-53-38(51)46(5)17-16-45(4)31(48)14-15-47-22-28(40)36(49)44-37(47)50/h19,21-22,26H,7,9-10,12-18,20H2,1-6H3,(H2,41,43)(H,44,49,50). The lowest BCUT2D eigenvalue weighted by Crippen LogP contribution is -2.38. The average molecular weight is 752 g/mol. The van der Waals surface area contributed by atoms with Gasteiger partial charge in [0.15, 0.2) is 0 Å². The molecule has 1 aliphatic carbocycles. The summed E-state index contributed by atoms with van der Waals surface area (Å²) in [6.45, 7) is 6.45. The fraction of sp³-hybridized carbons (Fsp3) is 0.474. The van der Waals surface area contributed by atoms with Crippen LogP contribution in [0.1, 0.15) is 62.3 Å². The molecule has 0 fully saturated rings. The number of hydrogen-bond acceptors (Lipinski definition) is 9. The third-order valence-electron chi connectivity index (χ3n) is 9.32. The molecule has 2 aromatic rings. The Balaban J connectivity index is 1.32. The molecule has 2 aliphatic rings. The molecular weight excluding hydrogens is 705 g/mol. The molecule has 0 saturated carbocycles. The number of H-pyrrole nitrogens is 1. The number of likely N-dealkylation sites (N-methyl/N-ethyl adjacent to an activating group) is 2. The van der Waals surface area contributed by atoms with E-state index in [1.807, 2.05) is 25.0 Å². The number of ether oxygens (including phenoxy) is 2. The van der Waals surface area contributed by atoms with E-state index in [0.29, 0.717) is 17.4 Å². The van der Waals surface area contributed by atoms with Crippen LogP contribution in [0.15, 0.2) is 60.5 Å². The molecule has 1 aliphatic heterocycles. The van der Waals surface area contributed by atoms with Crippen LogP contribution in [-0.4, -0.2) is 83.1 Å². The highest BCUT2D eigenvalue weighted by Gasteiger charge is 2.32. The van der Waals surface area contributed by atoms with Crippen molar-refractivity contribution in [3.05, 3.63) is 89.4 Å². The summed E-state index contributed by atoms with van der Waals surface area (Å²) in [6.07, 6.45) is 8.24. The van der Waals surface area contributed by atoms with Gasteiger partial charge < -0.3 is 25.0 Å². The summed E-state index contributed by atoms with van der Waals surface area (Å²) in [7, 11) is 4.78. The fourth-order valence-corrected chi connectivity index (χ4v) is 6.70. The van der Waals surface area contributed by atoms with E-state index in [-0.39, 0.29) is 50.9 Å². The van der Waals surface area contributed by atoms with E-state index >= 15 is 0 Å². The highest BCUT2D eigenvalue weighted by molar-refractivity contribution is 6.31. The number of aryl methyl sites for hydroxylation is 3. The van der Waals surface area contributed by atoms with Gasteiger partial charge in [0, 0.05) is 93.1 Å². The number of aromatic amines is 1. The highest BCUT2D eigenvalue weighted by atomic mass is 35.5. The van der Waals surface area contributed by atoms with E-state index in [9.17, 15) is 23.6 Å². The Morgan fingerprint density at radius 3 is 2.66 bits per heavy atom. The number of fused-ring (bicyclic) bond motifs is 1. The quantitative estimate of drug-likeness (QED) is 0.162. The summed E-state index contributed by atoms with van der Waals surface area (Å²) < 4.78 is 25.4. The minimum absolute atomic E-state index is 0.0548. The zero-order valence-electron chi connectivity index (χ0n) is 31.1. The van der Waals surface area contributed by atoms with Crippen LogP contribution in [-0.2, 0) is 22.5 Å². The summed E-state index contributed by atoms with van der Waals surface area (Å²) in [5, 5.41) is 0.320. The summed E-state index contributed by atoms with van der Waals surface area (Å²) in [5.74, 6) is 6.33. The molecule has 284 valence electrons. The van der Waals surface area contributed by atoms with Crippen molar-refractivity contribution in [3.63, 3.8) is 0 Å². The Hall–Kier alpha value is -5.16. The lowest BCUT2D eigenvalue weighted by Gasteiger charge is -2.22. The van der Waals surface area contributed by atoms with Gasteiger partial charge in [-0.1, -0.05) is 42.0 Å². The lowest BCUT2D eigenvalue weighted by atomic mass is 9.87. The first-order chi connectivity index (χ1) is 25.2. The zero-order valence-corrected chi connectivity index (χ0v) is 31.9. The molecule has 13 nitrogen and oxygen atoms in total. The second-order valence-electron chi connectivity index (χ2n) is 13.0. The minimum Gasteiger partial charge on any atom is -0.496 e. The van der Waals surface area contributed by atoms with Crippen LogP contribution in [0.2, 0.25) is 0 Å². The van der Waals surface area contributed by atoms with E-state index in [4.69, 9.17) is 26.8 Å². The number of nitrogens with two attached hydrogens (primary N) is 1. The van der Waals surface area contributed by atoms with Gasteiger partial charge in [0.05, 0.1) is 13.3 Å². The number of amides is 2. The second kappa shape index (κ2) is 18.6. The largest absolute Gasteiger partial charge is 0.496 e. The lowest BCUT2D eigenvalue weighted by molar-refractivity contribution is -0.130. The van der Waals surface area contributed by atoms with Gasteiger partial charge in [-0.25, -0.2) is 14.6 Å². The number of methoxy groups -OCH3 is 1. The Labute approximate surface area is 313 Å². The molecule has 0 aromatic carbocycles. The van der Waals surface area contributed by atoms with E-state index in [1.54, 1.807) is 21.2 Å². The van der Waals surface area contributed by atoms with Crippen LogP contribution in [0.3, 0.4) is 0 Å². The molecule has 4 rings (SSSR count). The number of halogens is 2. The maximum Gasteiger partial charge on any atom is 0.409 e. The fourth-order valence-electron chi connectivity index (χ4n) is 6.38. The third-order valence-corrected chi connectivity index (χ3v) is 9.60. The molecule has 2 amide bonds. The van der Waals surface area contributed by atoms with Gasteiger partial charge in [-0.3, -0.25) is 24.1 Å². The zero-order chi connectivity index (χ0) is 38.8. The third kappa shape index (κ3) is 10.3. The van der Waals surface area contributed by atoms with E-state index in [2.05, 4.69) is 34.8 Å². The van der Waals surface area contributed by atoms with Crippen molar-refractivity contribution in [2.45, 2.75) is 72.3 Å². The minimum atomic E-state index is -1.12. The van der Waals surface area contributed by atoms with E-state index < -0.39 is 23.2 Å². The number of aliphatic imine (C=N–C) groups is 1. The Bertz CT molecular complexity index is 2040. The molecule has 53 heavy (non-hydrogen) atoms. The molecule has 0 bridgehead atoms. The first-order valence-electron chi connectivity index (χ1n) is 17.5. The van der Waals surface area contributed by atoms with Crippen LogP contribution in [0, 0.1) is 37.4 Å². The van der Waals surface area contributed by atoms with Crippen molar-refractivity contribution in [1.29, 1.82) is 0 Å². The number of carbonyl (C=O) groups is 2.